The summed E-state index contributed by atoms with van der Waals surface area (Å²) in [6.07, 6.45) is 2.24. The van der Waals surface area contributed by atoms with Crippen molar-refractivity contribution in [2.24, 2.45) is 0 Å². The predicted molar refractivity (Wildman–Crippen MR) is 77.8 cm³/mol. The molecule has 1 atom stereocenters. The molecule has 20 heavy (non-hydrogen) atoms. The van der Waals surface area contributed by atoms with Crippen LogP contribution in [0.15, 0.2) is 29.2 Å². The second-order valence-electron chi connectivity index (χ2n) is 5.21. The molecule has 1 aliphatic heterocycles. The topological polar surface area (TPSA) is 69.6 Å². The number of aliphatic hydroxyl groups is 1. The van der Waals surface area contributed by atoms with Gasteiger partial charge in [-0.2, -0.15) is 4.72 Å². The van der Waals surface area contributed by atoms with Crippen LogP contribution in [0, 0.1) is 6.92 Å². The lowest BCUT2D eigenvalue weighted by Crippen LogP contribution is -2.47. The fourth-order valence-electron chi connectivity index (χ4n) is 2.46. The van der Waals surface area contributed by atoms with Crippen LogP contribution in [0.2, 0.25) is 0 Å². The van der Waals surface area contributed by atoms with E-state index in [-0.39, 0.29) is 17.7 Å². The van der Waals surface area contributed by atoms with Crippen LogP contribution < -0.4 is 4.72 Å². The SMILES string of the molecule is Cc1ccc(S(=O)(=O)NC(CCO)N2CCCC2)cc1. The first-order chi connectivity index (χ1) is 9.53. The number of nitrogens with zero attached hydrogens (tertiary/aromatic N) is 1. The third-order valence-electron chi connectivity index (χ3n) is 3.61. The van der Waals surface area contributed by atoms with Crippen molar-refractivity contribution in [3.8, 4) is 0 Å². The zero-order valence-electron chi connectivity index (χ0n) is 11.7. The number of benzene rings is 1. The van der Waals surface area contributed by atoms with Gasteiger partial charge in [0.05, 0.1) is 11.1 Å². The highest BCUT2D eigenvalue weighted by Gasteiger charge is 2.26. The average molecular weight is 298 g/mol. The minimum Gasteiger partial charge on any atom is -0.396 e. The largest absolute Gasteiger partial charge is 0.396 e. The molecule has 1 unspecified atom stereocenters. The van der Waals surface area contributed by atoms with E-state index in [4.69, 9.17) is 5.11 Å². The number of rotatable bonds is 6. The van der Waals surface area contributed by atoms with Gasteiger partial charge in [0.15, 0.2) is 0 Å². The Bertz CT molecular complexity index is 522. The first kappa shape index (κ1) is 15.4. The maximum Gasteiger partial charge on any atom is 0.241 e. The van der Waals surface area contributed by atoms with Crippen molar-refractivity contribution in [2.45, 2.75) is 37.2 Å². The molecule has 1 aliphatic rings. The average Bonchev–Trinajstić information content (AvgIpc) is 2.92. The Morgan fingerprint density at radius 2 is 1.85 bits per heavy atom. The molecule has 1 aromatic rings. The lowest BCUT2D eigenvalue weighted by molar-refractivity contribution is 0.175. The summed E-state index contributed by atoms with van der Waals surface area (Å²) < 4.78 is 27.4. The molecule has 5 nitrogen and oxygen atoms in total. The van der Waals surface area contributed by atoms with Crippen LogP contribution in [-0.2, 0) is 10.0 Å². The number of hydrogen-bond donors (Lipinski definition) is 2. The van der Waals surface area contributed by atoms with E-state index >= 15 is 0 Å². The van der Waals surface area contributed by atoms with Crippen LogP contribution in [0.25, 0.3) is 0 Å². The molecule has 112 valence electrons. The third kappa shape index (κ3) is 3.79. The number of likely N-dealkylation sites (tertiary alicyclic amines) is 1. The van der Waals surface area contributed by atoms with Gasteiger partial charge < -0.3 is 5.11 Å². The van der Waals surface area contributed by atoms with Gasteiger partial charge in [0, 0.05) is 13.0 Å². The van der Waals surface area contributed by atoms with Gasteiger partial charge in [-0.25, -0.2) is 8.42 Å². The van der Waals surface area contributed by atoms with Crippen molar-refractivity contribution >= 4 is 10.0 Å². The molecule has 2 N–H and O–H groups in total. The van der Waals surface area contributed by atoms with Crippen LogP contribution in [0.5, 0.6) is 0 Å². The van der Waals surface area contributed by atoms with Gasteiger partial charge in [-0.1, -0.05) is 17.7 Å². The lowest BCUT2D eigenvalue weighted by atomic mass is 10.2. The summed E-state index contributed by atoms with van der Waals surface area (Å²) in [4.78, 5) is 2.35. The van der Waals surface area contributed by atoms with Gasteiger partial charge >= 0.3 is 0 Å². The van der Waals surface area contributed by atoms with E-state index < -0.39 is 10.0 Å². The van der Waals surface area contributed by atoms with Crippen molar-refractivity contribution < 1.29 is 13.5 Å². The summed E-state index contributed by atoms with van der Waals surface area (Å²) in [6, 6.07) is 6.78. The van der Waals surface area contributed by atoms with E-state index in [9.17, 15) is 8.42 Å². The van der Waals surface area contributed by atoms with Crippen molar-refractivity contribution in [1.29, 1.82) is 0 Å². The van der Waals surface area contributed by atoms with E-state index in [1.54, 1.807) is 24.3 Å². The molecule has 0 amide bonds. The number of aliphatic hydroxyl groups excluding tert-OH is 1. The fraction of sp³-hybridized carbons (Fsp3) is 0.571. The highest BCUT2D eigenvalue weighted by Crippen LogP contribution is 2.16. The maximum absolute atomic E-state index is 12.4. The van der Waals surface area contributed by atoms with Crippen molar-refractivity contribution in [2.75, 3.05) is 19.7 Å². The molecule has 6 heteroatoms. The summed E-state index contributed by atoms with van der Waals surface area (Å²) in [5, 5.41) is 9.14. The summed E-state index contributed by atoms with van der Waals surface area (Å²) in [6.45, 7) is 3.64. The van der Waals surface area contributed by atoms with Crippen molar-refractivity contribution in [3.63, 3.8) is 0 Å². The van der Waals surface area contributed by atoms with E-state index in [0.29, 0.717) is 6.42 Å². The maximum atomic E-state index is 12.4. The van der Waals surface area contributed by atoms with Crippen LogP contribution in [0.3, 0.4) is 0 Å². The van der Waals surface area contributed by atoms with Crippen LogP contribution in [-0.4, -0.2) is 44.3 Å². The molecule has 1 aromatic carbocycles. The highest BCUT2D eigenvalue weighted by molar-refractivity contribution is 7.89. The van der Waals surface area contributed by atoms with Crippen LogP contribution in [0.1, 0.15) is 24.8 Å². The second kappa shape index (κ2) is 6.67. The summed E-state index contributed by atoms with van der Waals surface area (Å²) in [7, 11) is -3.54. The van der Waals surface area contributed by atoms with E-state index in [1.165, 1.54) is 0 Å². The molecule has 1 saturated heterocycles. The Hall–Kier alpha value is -0.950. The van der Waals surface area contributed by atoms with Gasteiger partial charge in [0.1, 0.15) is 0 Å². The second-order valence-corrected chi connectivity index (χ2v) is 6.92. The molecule has 0 spiro atoms. The number of aryl methyl sites for hydroxylation is 1. The third-order valence-corrected chi connectivity index (χ3v) is 5.08. The smallest absolute Gasteiger partial charge is 0.241 e. The standard InChI is InChI=1S/C14H22N2O3S/c1-12-4-6-13(7-5-12)20(18,19)15-14(8-11-17)16-9-2-3-10-16/h4-7,14-15,17H,2-3,8-11H2,1H3. The van der Waals surface area contributed by atoms with Gasteiger partial charge in [-0.3, -0.25) is 4.90 Å². The monoisotopic (exact) mass is 298 g/mol. The Labute approximate surface area is 120 Å². The summed E-state index contributed by atoms with van der Waals surface area (Å²) >= 11 is 0. The Balaban J connectivity index is 2.13. The highest BCUT2D eigenvalue weighted by atomic mass is 32.2. The van der Waals surface area contributed by atoms with Crippen molar-refractivity contribution in [1.82, 2.24) is 9.62 Å². The first-order valence-corrected chi connectivity index (χ1v) is 8.45. The number of hydrogen-bond acceptors (Lipinski definition) is 4. The lowest BCUT2D eigenvalue weighted by Gasteiger charge is -2.27. The molecule has 1 fully saturated rings. The van der Waals surface area contributed by atoms with E-state index in [2.05, 4.69) is 9.62 Å². The molecule has 0 saturated carbocycles. The van der Waals surface area contributed by atoms with Gasteiger partial charge in [0.2, 0.25) is 10.0 Å². The molecule has 0 bridgehead atoms. The molecule has 1 heterocycles. The molecule has 0 aliphatic carbocycles. The van der Waals surface area contributed by atoms with Crippen molar-refractivity contribution in [3.05, 3.63) is 29.8 Å². The van der Waals surface area contributed by atoms with Crippen LogP contribution in [0.4, 0.5) is 0 Å². The molecule has 0 aromatic heterocycles. The molecular formula is C14H22N2O3S. The first-order valence-electron chi connectivity index (χ1n) is 6.97. The Morgan fingerprint density at radius 1 is 1.25 bits per heavy atom. The zero-order chi connectivity index (χ0) is 14.6. The summed E-state index contributed by atoms with van der Waals surface area (Å²) in [5.41, 5.74) is 1.02. The van der Waals surface area contributed by atoms with Gasteiger partial charge in [-0.15, -0.1) is 0 Å². The molecule has 0 radical (unpaired) electrons. The Morgan fingerprint density at radius 3 is 2.40 bits per heavy atom. The fourth-order valence-corrected chi connectivity index (χ4v) is 3.71. The normalized spacial score (nSPS) is 18.3. The van der Waals surface area contributed by atoms with Gasteiger partial charge in [-0.05, 0) is 45.0 Å². The predicted octanol–water partition coefficient (Wildman–Crippen LogP) is 1.08. The quantitative estimate of drug-likeness (QED) is 0.824. The van der Waals surface area contributed by atoms with E-state index in [1.807, 2.05) is 6.92 Å². The number of sulfonamides is 1. The Kier molecular flexibility index (Phi) is 5.15. The summed E-state index contributed by atoms with van der Waals surface area (Å²) in [5.74, 6) is 0. The number of nitrogens with one attached hydrogen (secondary N) is 1. The minimum absolute atomic E-state index is 0.0302. The van der Waals surface area contributed by atoms with E-state index in [0.717, 1.165) is 31.5 Å². The molecular weight excluding hydrogens is 276 g/mol. The van der Waals surface area contributed by atoms with Gasteiger partial charge in [0.25, 0.3) is 0 Å². The minimum atomic E-state index is -3.54. The van der Waals surface area contributed by atoms with Crippen LogP contribution >= 0.6 is 0 Å². The molecule has 2 rings (SSSR count). The zero-order valence-corrected chi connectivity index (χ0v) is 12.6.